The van der Waals surface area contributed by atoms with E-state index in [1.807, 2.05) is 5.38 Å². The van der Waals surface area contributed by atoms with E-state index in [-0.39, 0.29) is 12.5 Å². The average molecular weight is 278 g/mol. The van der Waals surface area contributed by atoms with Crippen molar-refractivity contribution in [3.63, 3.8) is 0 Å². The van der Waals surface area contributed by atoms with E-state index in [2.05, 4.69) is 20.6 Å². The Hall–Kier alpha value is -1.80. The van der Waals surface area contributed by atoms with Gasteiger partial charge in [-0.1, -0.05) is 5.21 Å². The second-order valence-electron chi connectivity index (χ2n) is 4.51. The third-order valence-electron chi connectivity index (χ3n) is 2.86. The zero-order valence-electron chi connectivity index (χ0n) is 10.2. The summed E-state index contributed by atoms with van der Waals surface area (Å²) in [5.41, 5.74) is 7.18. The highest BCUT2D eigenvalue weighted by Gasteiger charge is 2.26. The van der Waals surface area contributed by atoms with E-state index in [0.717, 1.165) is 5.69 Å². The second-order valence-corrected chi connectivity index (χ2v) is 5.37. The number of carbonyl (C=O) groups excluding carboxylic acids is 1. The molecular formula is C11H14N6OS. The van der Waals surface area contributed by atoms with E-state index in [4.69, 9.17) is 5.73 Å². The summed E-state index contributed by atoms with van der Waals surface area (Å²) >= 11 is 1.46. The summed E-state index contributed by atoms with van der Waals surface area (Å²) in [6.45, 7) is 0.435. The van der Waals surface area contributed by atoms with Gasteiger partial charge in [0.15, 0.2) is 5.13 Å². The molecule has 2 aromatic heterocycles. The Balaban J connectivity index is 1.57. The standard InChI is InChI=1S/C11H14N6OS/c12-3-8-4-17(16-15-8)5-10(18)14-11-13-9(6-19-11)7-1-2-7/h4,6-7H,1-3,5,12H2,(H,13,14,18). The minimum Gasteiger partial charge on any atom is -0.325 e. The highest BCUT2D eigenvalue weighted by Crippen LogP contribution is 2.40. The van der Waals surface area contributed by atoms with Crippen LogP contribution in [-0.2, 0) is 17.9 Å². The maximum atomic E-state index is 11.8. The van der Waals surface area contributed by atoms with Gasteiger partial charge in [0.05, 0.1) is 17.6 Å². The Kier molecular flexibility index (Phi) is 3.26. The summed E-state index contributed by atoms with van der Waals surface area (Å²) < 4.78 is 1.47. The normalized spacial score (nSPS) is 14.6. The quantitative estimate of drug-likeness (QED) is 0.839. The van der Waals surface area contributed by atoms with Gasteiger partial charge >= 0.3 is 0 Å². The Morgan fingerprint density at radius 3 is 3.11 bits per heavy atom. The molecule has 8 heteroatoms. The zero-order valence-corrected chi connectivity index (χ0v) is 11.1. The smallest absolute Gasteiger partial charge is 0.247 e. The third-order valence-corrected chi connectivity index (χ3v) is 3.64. The molecule has 3 rings (SSSR count). The van der Waals surface area contributed by atoms with E-state index in [0.29, 0.717) is 23.3 Å². The Labute approximate surface area is 113 Å². The van der Waals surface area contributed by atoms with Gasteiger partial charge in [0, 0.05) is 17.8 Å². The van der Waals surface area contributed by atoms with Crippen molar-refractivity contribution in [3.8, 4) is 0 Å². The van der Waals surface area contributed by atoms with Gasteiger partial charge in [-0.2, -0.15) is 0 Å². The maximum absolute atomic E-state index is 11.8. The Morgan fingerprint density at radius 1 is 1.58 bits per heavy atom. The van der Waals surface area contributed by atoms with Gasteiger partial charge < -0.3 is 11.1 Å². The van der Waals surface area contributed by atoms with Crippen molar-refractivity contribution in [2.45, 2.75) is 31.8 Å². The molecule has 0 spiro atoms. The zero-order chi connectivity index (χ0) is 13.2. The van der Waals surface area contributed by atoms with E-state index < -0.39 is 0 Å². The fourth-order valence-electron chi connectivity index (χ4n) is 1.73. The topological polar surface area (TPSA) is 98.7 Å². The van der Waals surface area contributed by atoms with Gasteiger partial charge in [-0.3, -0.25) is 4.79 Å². The molecule has 1 aliphatic rings. The molecule has 0 radical (unpaired) electrons. The van der Waals surface area contributed by atoms with Gasteiger partial charge in [0.2, 0.25) is 5.91 Å². The number of amides is 1. The molecule has 3 N–H and O–H groups in total. The van der Waals surface area contributed by atoms with Gasteiger partial charge in [0.25, 0.3) is 0 Å². The lowest BCUT2D eigenvalue weighted by Gasteiger charge is -2.00. The summed E-state index contributed by atoms with van der Waals surface area (Å²) in [5.74, 6) is 0.439. The first-order valence-electron chi connectivity index (χ1n) is 6.09. The van der Waals surface area contributed by atoms with Crippen LogP contribution < -0.4 is 11.1 Å². The molecule has 19 heavy (non-hydrogen) atoms. The fraction of sp³-hybridized carbons (Fsp3) is 0.455. The molecular weight excluding hydrogens is 264 g/mol. The van der Waals surface area contributed by atoms with E-state index in [1.165, 1.54) is 28.9 Å². The second kappa shape index (κ2) is 5.06. The first kappa shape index (κ1) is 12.2. The SMILES string of the molecule is NCc1cn(CC(=O)Nc2nc(C3CC3)cs2)nn1. The van der Waals surface area contributed by atoms with Crippen LogP contribution in [0, 0.1) is 0 Å². The van der Waals surface area contributed by atoms with Crippen LogP contribution in [0.1, 0.15) is 30.1 Å². The van der Waals surface area contributed by atoms with Crippen LogP contribution in [0.4, 0.5) is 5.13 Å². The van der Waals surface area contributed by atoms with Gasteiger partial charge in [-0.25, -0.2) is 9.67 Å². The average Bonchev–Trinajstić information content (AvgIpc) is 2.98. The van der Waals surface area contributed by atoms with Crippen LogP contribution in [0.25, 0.3) is 0 Å². The van der Waals surface area contributed by atoms with Gasteiger partial charge in [-0.15, -0.1) is 16.4 Å². The third kappa shape index (κ3) is 2.96. The maximum Gasteiger partial charge on any atom is 0.247 e. The number of thiazole rings is 1. The van der Waals surface area contributed by atoms with Crippen LogP contribution in [0.3, 0.4) is 0 Å². The van der Waals surface area contributed by atoms with E-state index in [1.54, 1.807) is 6.20 Å². The van der Waals surface area contributed by atoms with Crippen LogP contribution >= 0.6 is 11.3 Å². The lowest BCUT2D eigenvalue weighted by atomic mass is 10.3. The van der Waals surface area contributed by atoms with Crippen LogP contribution in [0.5, 0.6) is 0 Å². The number of hydrogen-bond donors (Lipinski definition) is 2. The van der Waals surface area contributed by atoms with Crippen molar-refractivity contribution >= 4 is 22.4 Å². The molecule has 7 nitrogen and oxygen atoms in total. The Morgan fingerprint density at radius 2 is 2.42 bits per heavy atom. The predicted molar refractivity (Wildman–Crippen MR) is 70.6 cm³/mol. The molecule has 0 aliphatic heterocycles. The van der Waals surface area contributed by atoms with Crippen molar-refractivity contribution in [1.29, 1.82) is 0 Å². The molecule has 2 heterocycles. The van der Waals surface area contributed by atoms with E-state index >= 15 is 0 Å². The number of hydrogen-bond acceptors (Lipinski definition) is 6. The minimum atomic E-state index is -0.162. The monoisotopic (exact) mass is 278 g/mol. The van der Waals surface area contributed by atoms with Crippen LogP contribution in [0.15, 0.2) is 11.6 Å². The highest BCUT2D eigenvalue weighted by molar-refractivity contribution is 7.13. The van der Waals surface area contributed by atoms with Gasteiger partial charge in [-0.05, 0) is 12.8 Å². The molecule has 0 aromatic carbocycles. The first-order valence-corrected chi connectivity index (χ1v) is 6.97. The minimum absolute atomic E-state index is 0.116. The van der Waals surface area contributed by atoms with Crippen molar-refractivity contribution in [1.82, 2.24) is 20.0 Å². The van der Waals surface area contributed by atoms with Crippen molar-refractivity contribution in [2.75, 3.05) is 5.32 Å². The predicted octanol–water partition coefficient (Wildman–Crippen LogP) is 0.709. The number of aromatic nitrogens is 4. The van der Waals surface area contributed by atoms with Crippen molar-refractivity contribution in [2.24, 2.45) is 5.73 Å². The summed E-state index contributed by atoms with van der Waals surface area (Å²) in [6, 6.07) is 0. The molecule has 1 amide bonds. The number of carbonyl (C=O) groups is 1. The molecule has 0 unspecified atom stereocenters. The summed E-state index contributed by atoms with van der Waals surface area (Å²) in [7, 11) is 0. The fourth-order valence-corrected chi connectivity index (χ4v) is 2.53. The first-order chi connectivity index (χ1) is 9.24. The summed E-state index contributed by atoms with van der Waals surface area (Å²) in [5, 5.41) is 13.1. The van der Waals surface area contributed by atoms with Crippen molar-refractivity contribution in [3.05, 3.63) is 23.0 Å². The summed E-state index contributed by atoms with van der Waals surface area (Å²) in [6.07, 6.45) is 4.08. The van der Waals surface area contributed by atoms with Gasteiger partial charge in [0.1, 0.15) is 6.54 Å². The molecule has 0 bridgehead atoms. The highest BCUT2D eigenvalue weighted by atomic mass is 32.1. The molecule has 0 atom stereocenters. The molecule has 1 aliphatic carbocycles. The molecule has 100 valence electrons. The molecule has 1 saturated carbocycles. The van der Waals surface area contributed by atoms with E-state index in [9.17, 15) is 4.79 Å². The lowest BCUT2D eigenvalue weighted by Crippen LogP contribution is -2.19. The molecule has 1 fully saturated rings. The molecule has 0 saturated heterocycles. The summed E-state index contributed by atoms with van der Waals surface area (Å²) in [4.78, 5) is 16.2. The molecule has 2 aromatic rings. The number of anilines is 1. The number of nitrogens with two attached hydrogens (primary N) is 1. The number of nitrogens with one attached hydrogen (secondary N) is 1. The van der Waals surface area contributed by atoms with Crippen LogP contribution in [-0.4, -0.2) is 25.9 Å². The van der Waals surface area contributed by atoms with Crippen LogP contribution in [0.2, 0.25) is 0 Å². The Bertz CT molecular complexity index is 588. The van der Waals surface area contributed by atoms with Crippen molar-refractivity contribution < 1.29 is 4.79 Å². The largest absolute Gasteiger partial charge is 0.325 e. The number of rotatable bonds is 5. The number of nitrogens with zero attached hydrogens (tertiary/aromatic N) is 4. The lowest BCUT2D eigenvalue weighted by molar-refractivity contribution is -0.116.